The molecule has 0 radical (unpaired) electrons. The molecule has 4 aromatic rings. The summed E-state index contributed by atoms with van der Waals surface area (Å²) in [4.78, 5) is 0.226. The number of benzene rings is 3. The van der Waals surface area contributed by atoms with Gasteiger partial charge < -0.3 is 4.74 Å². The normalized spacial score (nSPS) is 11.1. The molecule has 3 aromatic carbocycles. The fourth-order valence-corrected chi connectivity index (χ4v) is 3.59. The highest BCUT2D eigenvalue weighted by Crippen LogP contribution is 2.23. The molecule has 31 heavy (non-hydrogen) atoms. The number of tetrazole rings is 1. The van der Waals surface area contributed by atoms with Crippen molar-refractivity contribution in [1.82, 2.24) is 20.2 Å². The lowest BCUT2D eigenvalue weighted by Gasteiger charge is -2.08. The molecular weight excluding hydrogens is 414 g/mol. The summed E-state index contributed by atoms with van der Waals surface area (Å²) in [5.41, 5.74) is 3.26. The quantitative estimate of drug-likeness (QED) is 0.461. The van der Waals surface area contributed by atoms with E-state index in [4.69, 9.17) is 10.00 Å². The summed E-state index contributed by atoms with van der Waals surface area (Å²) in [6, 6.07) is 23.3. The summed E-state index contributed by atoms with van der Waals surface area (Å²) >= 11 is 0. The summed E-state index contributed by atoms with van der Waals surface area (Å²) in [6.07, 6.45) is 1.16. The van der Waals surface area contributed by atoms with E-state index in [0.717, 1.165) is 17.4 Å². The van der Waals surface area contributed by atoms with E-state index >= 15 is 0 Å². The van der Waals surface area contributed by atoms with Crippen molar-refractivity contribution in [2.24, 2.45) is 0 Å². The van der Waals surface area contributed by atoms with Gasteiger partial charge in [-0.25, -0.2) is 8.42 Å². The molecule has 0 unspecified atom stereocenters. The highest BCUT2D eigenvalue weighted by Gasteiger charge is 2.12. The number of nitriles is 1. The first-order valence-corrected chi connectivity index (χ1v) is 11.1. The summed E-state index contributed by atoms with van der Waals surface area (Å²) < 4.78 is 30.6. The topological polar surface area (TPSA) is 111 Å². The third kappa shape index (κ3) is 4.60. The second-order valence-corrected chi connectivity index (χ2v) is 8.79. The van der Waals surface area contributed by atoms with Crippen molar-refractivity contribution < 1.29 is 13.2 Å². The molecule has 0 amide bonds. The predicted molar refractivity (Wildman–Crippen MR) is 113 cm³/mol. The number of hydrogen-bond donors (Lipinski definition) is 0. The van der Waals surface area contributed by atoms with Crippen LogP contribution in [0.15, 0.2) is 77.7 Å². The highest BCUT2D eigenvalue weighted by atomic mass is 32.2. The maximum Gasteiger partial charge on any atom is 0.194 e. The molecule has 0 atom stereocenters. The van der Waals surface area contributed by atoms with Gasteiger partial charge in [0.05, 0.1) is 22.2 Å². The average Bonchev–Trinajstić information content (AvgIpc) is 3.26. The van der Waals surface area contributed by atoms with E-state index in [0.29, 0.717) is 22.8 Å². The minimum absolute atomic E-state index is 0.136. The molecule has 9 heteroatoms. The smallest absolute Gasteiger partial charge is 0.194 e. The van der Waals surface area contributed by atoms with Crippen LogP contribution in [-0.2, 0) is 16.4 Å². The molecule has 8 nitrogen and oxygen atoms in total. The van der Waals surface area contributed by atoms with Gasteiger partial charge in [-0.2, -0.15) is 9.94 Å². The van der Waals surface area contributed by atoms with Crippen LogP contribution in [0.3, 0.4) is 0 Å². The Balaban J connectivity index is 1.46. The van der Waals surface area contributed by atoms with Gasteiger partial charge >= 0.3 is 0 Å². The van der Waals surface area contributed by atoms with Crippen molar-refractivity contribution in [3.05, 3.63) is 84.2 Å². The minimum atomic E-state index is -3.27. The lowest BCUT2D eigenvalue weighted by molar-refractivity contribution is 0.292. The first-order valence-electron chi connectivity index (χ1n) is 9.25. The first kappa shape index (κ1) is 20.3. The van der Waals surface area contributed by atoms with E-state index in [9.17, 15) is 8.42 Å². The zero-order valence-electron chi connectivity index (χ0n) is 16.5. The van der Waals surface area contributed by atoms with Crippen molar-refractivity contribution >= 4 is 9.84 Å². The highest BCUT2D eigenvalue weighted by molar-refractivity contribution is 7.90. The van der Waals surface area contributed by atoms with Crippen LogP contribution in [-0.4, -0.2) is 34.9 Å². The molecule has 0 spiro atoms. The first-order chi connectivity index (χ1) is 14.9. The number of hydrogen-bond acceptors (Lipinski definition) is 7. The molecule has 0 bridgehead atoms. The maximum absolute atomic E-state index is 11.6. The van der Waals surface area contributed by atoms with Crippen molar-refractivity contribution in [2.45, 2.75) is 11.5 Å². The van der Waals surface area contributed by atoms with Crippen LogP contribution in [0.4, 0.5) is 0 Å². The number of sulfone groups is 1. The lowest BCUT2D eigenvalue weighted by Crippen LogP contribution is -2.07. The van der Waals surface area contributed by atoms with Gasteiger partial charge in [0.15, 0.2) is 15.7 Å². The van der Waals surface area contributed by atoms with E-state index in [1.54, 1.807) is 24.3 Å². The molecule has 4 rings (SSSR count). The van der Waals surface area contributed by atoms with Gasteiger partial charge in [-0.15, -0.1) is 5.10 Å². The molecule has 1 heterocycles. The van der Waals surface area contributed by atoms with Crippen molar-refractivity contribution in [3.63, 3.8) is 0 Å². The molecular formula is C22H17N5O3S. The monoisotopic (exact) mass is 431 g/mol. The number of aromatic nitrogens is 4. The van der Waals surface area contributed by atoms with E-state index < -0.39 is 9.84 Å². The molecule has 0 saturated carbocycles. The zero-order valence-corrected chi connectivity index (χ0v) is 17.3. The standard InChI is InChI=1S/C22H17N5O3S/c1-31(28,29)21-12-8-19(9-13-21)27-22(24-25-26-27)15-30-20-10-6-18(7-11-20)17-4-2-16(14-23)3-5-17/h2-13H,15H2,1H3. The number of rotatable bonds is 6. The van der Waals surface area contributed by atoms with E-state index in [1.165, 1.54) is 16.8 Å². The minimum Gasteiger partial charge on any atom is -0.486 e. The average molecular weight is 431 g/mol. The van der Waals surface area contributed by atoms with Gasteiger partial charge in [0.2, 0.25) is 0 Å². The molecule has 0 saturated heterocycles. The van der Waals surface area contributed by atoms with E-state index in [1.807, 2.05) is 36.4 Å². The summed E-state index contributed by atoms with van der Waals surface area (Å²) in [5, 5.41) is 20.5. The third-order valence-corrected chi connectivity index (χ3v) is 5.74. The third-order valence-electron chi connectivity index (χ3n) is 4.61. The molecule has 0 fully saturated rings. The molecule has 0 aliphatic carbocycles. The molecule has 0 aliphatic heterocycles. The Morgan fingerprint density at radius 3 is 2.13 bits per heavy atom. The van der Waals surface area contributed by atoms with Crippen LogP contribution >= 0.6 is 0 Å². The Hall–Kier alpha value is -4.03. The van der Waals surface area contributed by atoms with Crippen molar-refractivity contribution in [3.8, 4) is 28.6 Å². The number of ether oxygens (including phenoxy) is 1. The van der Waals surface area contributed by atoms with E-state index in [-0.39, 0.29) is 11.5 Å². The zero-order chi connectivity index (χ0) is 21.8. The second-order valence-electron chi connectivity index (χ2n) is 6.78. The fraction of sp³-hybridized carbons (Fsp3) is 0.0909. The Bertz CT molecular complexity index is 1340. The van der Waals surface area contributed by atoms with Crippen LogP contribution < -0.4 is 4.74 Å². The largest absolute Gasteiger partial charge is 0.486 e. The van der Waals surface area contributed by atoms with Gasteiger partial charge in [-0.1, -0.05) is 24.3 Å². The summed E-state index contributed by atoms with van der Waals surface area (Å²) in [7, 11) is -3.27. The van der Waals surface area contributed by atoms with Gasteiger partial charge in [0.25, 0.3) is 0 Å². The van der Waals surface area contributed by atoms with Crippen LogP contribution in [0.5, 0.6) is 5.75 Å². The van der Waals surface area contributed by atoms with Gasteiger partial charge in [-0.05, 0) is 70.1 Å². The SMILES string of the molecule is CS(=O)(=O)c1ccc(-n2nnnc2COc2ccc(-c3ccc(C#N)cc3)cc2)cc1. The lowest BCUT2D eigenvalue weighted by atomic mass is 10.0. The second kappa shape index (κ2) is 8.38. The molecule has 1 aromatic heterocycles. The maximum atomic E-state index is 11.6. The molecule has 0 N–H and O–H groups in total. The van der Waals surface area contributed by atoms with Crippen LogP contribution in [0.1, 0.15) is 11.4 Å². The van der Waals surface area contributed by atoms with Gasteiger partial charge in [-0.3, -0.25) is 0 Å². The Labute approximate surface area is 179 Å². The van der Waals surface area contributed by atoms with Gasteiger partial charge in [0.1, 0.15) is 12.4 Å². The van der Waals surface area contributed by atoms with Crippen molar-refractivity contribution in [1.29, 1.82) is 5.26 Å². The Morgan fingerprint density at radius 2 is 1.55 bits per heavy atom. The van der Waals surface area contributed by atoms with E-state index in [2.05, 4.69) is 21.6 Å². The predicted octanol–water partition coefficient (Wildman–Crippen LogP) is 3.18. The Kier molecular flexibility index (Phi) is 5.47. The van der Waals surface area contributed by atoms with Gasteiger partial charge in [0, 0.05) is 6.26 Å². The van der Waals surface area contributed by atoms with Crippen molar-refractivity contribution in [2.75, 3.05) is 6.26 Å². The number of nitrogens with zero attached hydrogens (tertiary/aromatic N) is 5. The van der Waals surface area contributed by atoms with Crippen LogP contribution in [0, 0.1) is 11.3 Å². The summed E-state index contributed by atoms with van der Waals surface area (Å²) in [5.74, 6) is 1.13. The fourth-order valence-electron chi connectivity index (χ4n) is 2.96. The van der Waals surface area contributed by atoms with Crippen LogP contribution in [0.25, 0.3) is 16.8 Å². The molecule has 154 valence electrons. The summed E-state index contributed by atoms with van der Waals surface area (Å²) in [6.45, 7) is 0.136. The van der Waals surface area contributed by atoms with Crippen LogP contribution in [0.2, 0.25) is 0 Å². The Morgan fingerprint density at radius 1 is 0.935 bits per heavy atom. The molecule has 0 aliphatic rings.